The number of nitrogens with one attached hydrogen (secondary N) is 1. The number of piperidine rings is 1. The average molecular weight is 620 g/mol. The first kappa shape index (κ1) is 26.3. The van der Waals surface area contributed by atoms with Gasteiger partial charge in [0.05, 0.1) is 6.04 Å². The molecule has 4 heterocycles. The monoisotopic (exact) mass is 618 g/mol. The van der Waals surface area contributed by atoms with E-state index in [0.29, 0.717) is 32.4 Å². The predicted octanol–water partition coefficient (Wildman–Crippen LogP) is 5.56. The minimum absolute atomic E-state index is 0.0266. The smallest absolute Gasteiger partial charge is 0.246 e. The first-order valence-electron chi connectivity index (χ1n) is 14.0. The lowest BCUT2D eigenvalue weighted by atomic mass is 9.85. The molecule has 0 radical (unpaired) electrons. The Hall–Kier alpha value is -3.56. The Balaban J connectivity index is 1.16. The summed E-state index contributed by atoms with van der Waals surface area (Å²) < 4.78 is 29.4. The molecule has 41 heavy (non-hydrogen) atoms. The van der Waals surface area contributed by atoms with E-state index in [1.54, 1.807) is 9.80 Å². The summed E-state index contributed by atoms with van der Waals surface area (Å²) in [5.74, 6) is -1.18. The van der Waals surface area contributed by atoms with Crippen molar-refractivity contribution in [2.75, 3.05) is 19.6 Å². The molecule has 0 spiro atoms. The van der Waals surface area contributed by atoms with Crippen LogP contribution < -0.4 is 0 Å². The fraction of sp³-hybridized carbons (Fsp3) is 0.312. The number of hydrogen-bond acceptors (Lipinski definition) is 3. The van der Waals surface area contributed by atoms with E-state index in [0.717, 1.165) is 32.2 Å². The zero-order valence-electron chi connectivity index (χ0n) is 22.3. The van der Waals surface area contributed by atoms with Gasteiger partial charge in [0.15, 0.2) is 0 Å². The highest BCUT2D eigenvalue weighted by atomic mass is 79.9. The second-order valence-electron chi connectivity index (χ2n) is 11.2. The molecule has 0 unspecified atom stereocenters. The van der Waals surface area contributed by atoms with E-state index in [2.05, 4.69) is 27.0 Å². The van der Waals surface area contributed by atoms with Gasteiger partial charge in [-0.2, -0.15) is 0 Å². The van der Waals surface area contributed by atoms with Crippen molar-refractivity contribution in [3.05, 3.63) is 105 Å². The van der Waals surface area contributed by atoms with Gasteiger partial charge in [0, 0.05) is 58.7 Å². The standard InChI is InChI=1S/C32H29BrF2N4O2/c33-20-10-8-19(9-11-20)31-30-23(22-4-1-2-7-27(22)36-30)16-28-32(41)38(18-29(40)39(28)31)21-12-14-37(15-13-21)17-24-25(34)5-3-6-26(24)35/h1-11,21,28,31,36H,12-18H2/t28-,31+/m1/s1. The zero-order chi connectivity index (χ0) is 28.2. The number of H-pyrrole nitrogens is 1. The predicted molar refractivity (Wildman–Crippen MR) is 155 cm³/mol. The second-order valence-corrected chi connectivity index (χ2v) is 12.1. The van der Waals surface area contributed by atoms with Crippen molar-refractivity contribution in [2.24, 2.45) is 0 Å². The number of hydrogen-bond donors (Lipinski definition) is 1. The lowest BCUT2D eigenvalue weighted by Crippen LogP contribution is -2.65. The maximum atomic E-state index is 14.2. The molecule has 4 aromatic rings. The van der Waals surface area contributed by atoms with E-state index in [4.69, 9.17) is 0 Å². The highest BCUT2D eigenvalue weighted by Gasteiger charge is 2.49. The molecule has 0 bridgehead atoms. The Morgan fingerprint density at radius 1 is 0.902 bits per heavy atom. The van der Waals surface area contributed by atoms with E-state index < -0.39 is 17.7 Å². The number of rotatable bonds is 4. The van der Waals surface area contributed by atoms with Crippen LogP contribution in [0.1, 0.15) is 41.3 Å². The summed E-state index contributed by atoms with van der Waals surface area (Å²) in [6, 6.07) is 18.9. The van der Waals surface area contributed by atoms with Crippen molar-refractivity contribution in [3.63, 3.8) is 0 Å². The Morgan fingerprint density at radius 2 is 1.61 bits per heavy atom. The molecule has 210 valence electrons. The van der Waals surface area contributed by atoms with Crippen molar-refractivity contribution in [1.29, 1.82) is 0 Å². The number of amides is 2. The third kappa shape index (κ3) is 4.55. The Kier molecular flexibility index (Phi) is 6.66. The van der Waals surface area contributed by atoms with Gasteiger partial charge in [0.1, 0.15) is 24.2 Å². The quantitative estimate of drug-likeness (QED) is 0.326. The molecule has 3 aromatic carbocycles. The van der Waals surface area contributed by atoms with Gasteiger partial charge in [-0.15, -0.1) is 0 Å². The van der Waals surface area contributed by atoms with Gasteiger partial charge >= 0.3 is 0 Å². The van der Waals surface area contributed by atoms with Gasteiger partial charge in [-0.3, -0.25) is 14.5 Å². The third-order valence-corrected chi connectivity index (χ3v) is 9.45. The van der Waals surface area contributed by atoms with Crippen LogP contribution in [0.4, 0.5) is 8.78 Å². The summed E-state index contributed by atoms with van der Waals surface area (Å²) in [6.07, 6.45) is 1.76. The maximum Gasteiger partial charge on any atom is 0.246 e. The number of carbonyl (C=O) groups excluding carboxylic acids is 2. The summed E-state index contributed by atoms with van der Waals surface area (Å²) in [5.41, 5.74) is 4.07. The molecule has 0 aliphatic carbocycles. The fourth-order valence-corrected chi connectivity index (χ4v) is 7.15. The number of nitrogens with zero attached hydrogens (tertiary/aromatic N) is 3. The molecule has 1 aromatic heterocycles. The van der Waals surface area contributed by atoms with Crippen molar-refractivity contribution in [3.8, 4) is 0 Å². The SMILES string of the molecule is O=C1[C@H]2Cc3c([nH]c4ccccc34)[C@H](c3ccc(Br)cc3)N2C(=O)CN1C1CCN(Cc2c(F)cccc2F)CC1. The molecule has 7 rings (SSSR count). The maximum absolute atomic E-state index is 14.2. The first-order chi connectivity index (χ1) is 19.9. The molecule has 2 atom stereocenters. The molecular weight excluding hydrogens is 590 g/mol. The number of fused-ring (bicyclic) bond motifs is 4. The van der Waals surface area contributed by atoms with Gasteiger partial charge < -0.3 is 14.8 Å². The molecule has 2 saturated heterocycles. The summed E-state index contributed by atoms with van der Waals surface area (Å²) in [4.78, 5) is 37.2. The molecule has 6 nitrogen and oxygen atoms in total. The number of carbonyl (C=O) groups is 2. The van der Waals surface area contributed by atoms with E-state index >= 15 is 0 Å². The van der Waals surface area contributed by atoms with Crippen LogP contribution in [0.3, 0.4) is 0 Å². The molecule has 3 aliphatic heterocycles. The summed E-state index contributed by atoms with van der Waals surface area (Å²) in [7, 11) is 0. The lowest BCUT2D eigenvalue weighted by Gasteiger charge is -2.49. The summed E-state index contributed by atoms with van der Waals surface area (Å²) in [5, 5.41) is 1.08. The van der Waals surface area contributed by atoms with Crippen LogP contribution in [0.2, 0.25) is 0 Å². The van der Waals surface area contributed by atoms with E-state index in [1.165, 1.54) is 18.2 Å². The van der Waals surface area contributed by atoms with Crippen LogP contribution in [0.5, 0.6) is 0 Å². The number of aromatic amines is 1. The van der Waals surface area contributed by atoms with Gasteiger partial charge in [0.25, 0.3) is 0 Å². The largest absolute Gasteiger partial charge is 0.356 e. The summed E-state index contributed by atoms with van der Waals surface area (Å²) >= 11 is 3.51. The highest BCUT2D eigenvalue weighted by molar-refractivity contribution is 9.10. The van der Waals surface area contributed by atoms with Crippen LogP contribution in [0.25, 0.3) is 10.9 Å². The van der Waals surface area contributed by atoms with Crippen LogP contribution in [-0.2, 0) is 22.6 Å². The number of aromatic nitrogens is 1. The van der Waals surface area contributed by atoms with Crippen molar-refractivity contribution >= 4 is 38.6 Å². The van der Waals surface area contributed by atoms with Crippen molar-refractivity contribution in [1.82, 2.24) is 19.7 Å². The van der Waals surface area contributed by atoms with Gasteiger partial charge in [0.2, 0.25) is 11.8 Å². The topological polar surface area (TPSA) is 59.7 Å². The molecule has 1 N–H and O–H groups in total. The van der Waals surface area contributed by atoms with E-state index in [9.17, 15) is 18.4 Å². The van der Waals surface area contributed by atoms with Crippen LogP contribution in [-0.4, -0.2) is 63.2 Å². The second kappa shape index (κ2) is 10.4. The van der Waals surface area contributed by atoms with E-state index in [-0.39, 0.29) is 42.6 Å². The number of benzene rings is 3. The fourth-order valence-electron chi connectivity index (χ4n) is 6.88. The molecule has 2 fully saturated rings. The van der Waals surface area contributed by atoms with Gasteiger partial charge in [-0.1, -0.05) is 52.3 Å². The normalized spacial score (nSPS) is 21.8. The number of piperazine rings is 1. The Bertz CT molecular complexity index is 1630. The highest BCUT2D eigenvalue weighted by Crippen LogP contribution is 2.43. The molecule has 3 aliphatic rings. The van der Waals surface area contributed by atoms with Crippen molar-refractivity contribution in [2.45, 2.75) is 43.9 Å². The number of likely N-dealkylation sites (tertiary alicyclic amines) is 1. The zero-order valence-corrected chi connectivity index (χ0v) is 23.9. The summed E-state index contributed by atoms with van der Waals surface area (Å²) in [6.45, 7) is 1.41. The Labute approximate surface area is 245 Å². The number of para-hydroxylation sites is 1. The molecule has 0 saturated carbocycles. The average Bonchev–Trinajstić information content (AvgIpc) is 3.35. The first-order valence-corrected chi connectivity index (χ1v) is 14.8. The molecule has 9 heteroatoms. The minimum atomic E-state index is -0.595. The Morgan fingerprint density at radius 3 is 2.34 bits per heavy atom. The van der Waals surface area contributed by atoms with Crippen molar-refractivity contribution < 1.29 is 18.4 Å². The third-order valence-electron chi connectivity index (χ3n) is 8.92. The van der Waals surface area contributed by atoms with Crippen LogP contribution in [0.15, 0.2) is 71.2 Å². The van der Waals surface area contributed by atoms with Crippen LogP contribution in [0, 0.1) is 11.6 Å². The minimum Gasteiger partial charge on any atom is -0.356 e. The van der Waals surface area contributed by atoms with E-state index in [1.807, 2.05) is 47.4 Å². The van der Waals surface area contributed by atoms with Gasteiger partial charge in [-0.05, 0) is 54.3 Å². The van der Waals surface area contributed by atoms with Crippen LogP contribution >= 0.6 is 15.9 Å². The number of halogens is 3. The lowest BCUT2D eigenvalue weighted by molar-refractivity contribution is -0.161. The molecule has 2 amide bonds. The molecular formula is C32H29BrF2N4O2. The van der Waals surface area contributed by atoms with Gasteiger partial charge in [-0.25, -0.2) is 8.78 Å².